The van der Waals surface area contributed by atoms with Gasteiger partial charge in [0.1, 0.15) is 6.10 Å². The van der Waals surface area contributed by atoms with Gasteiger partial charge in [-0.1, -0.05) is 57.5 Å². The largest absolute Gasteiger partial charge is 0.466 e. The molecule has 0 aliphatic heterocycles. The molecule has 0 bridgehead atoms. The maximum absolute atomic E-state index is 12.2. The Balaban J connectivity index is 2.80. The van der Waals surface area contributed by atoms with Crippen LogP contribution in [0.15, 0.2) is 36.4 Å². The molecular weight excluding hydrogens is 304 g/mol. The van der Waals surface area contributed by atoms with Crippen molar-refractivity contribution < 1.29 is 19.1 Å². The van der Waals surface area contributed by atoms with Crippen LogP contribution in [0, 0.1) is 11.8 Å². The highest BCUT2D eigenvalue weighted by molar-refractivity contribution is 5.87. The number of rotatable bonds is 9. The highest BCUT2D eigenvalue weighted by atomic mass is 16.6. The van der Waals surface area contributed by atoms with Crippen LogP contribution in [0.1, 0.15) is 46.1 Å². The predicted molar refractivity (Wildman–Crippen MR) is 95.2 cm³/mol. The first-order chi connectivity index (χ1) is 11.5. The Morgan fingerprint density at radius 1 is 1.12 bits per heavy atom. The third-order valence-electron chi connectivity index (χ3n) is 3.73. The molecule has 0 radical (unpaired) electrons. The first-order valence-electron chi connectivity index (χ1n) is 8.59. The van der Waals surface area contributed by atoms with E-state index < -0.39 is 18.0 Å². The van der Waals surface area contributed by atoms with Crippen LogP contribution in [-0.2, 0) is 19.1 Å². The SMILES string of the molecule is CCCC(OC(=O)/C=C/c1ccccc1)C(C(=O)OCC)C(C)C. The number of hydrogen-bond acceptors (Lipinski definition) is 4. The van der Waals surface area contributed by atoms with E-state index in [1.165, 1.54) is 6.08 Å². The minimum atomic E-state index is -0.470. The molecule has 0 N–H and O–H groups in total. The fraction of sp³-hybridized carbons (Fsp3) is 0.500. The minimum absolute atomic E-state index is 0.0338. The van der Waals surface area contributed by atoms with Crippen molar-refractivity contribution in [3.05, 3.63) is 42.0 Å². The first kappa shape index (κ1) is 19.9. The van der Waals surface area contributed by atoms with Gasteiger partial charge in [-0.25, -0.2) is 4.79 Å². The van der Waals surface area contributed by atoms with Gasteiger partial charge in [0.25, 0.3) is 0 Å². The molecule has 1 aromatic rings. The lowest BCUT2D eigenvalue weighted by Gasteiger charge is -2.27. The maximum atomic E-state index is 12.2. The summed E-state index contributed by atoms with van der Waals surface area (Å²) < 4.78 is 10.7. The molecule has 2 unspecified atom stereocenters. The molecule has 0 spiro atoms. The molecule has 0 heterocycles. The second-order valence-electron chi connectivity index (χ2n) is 6.03. The lowest BCUT2D eigenvalue weighted by Crippen LogP contribution is -2.37. The molecule has 0 saturated carbocycles. The van der Waals surface area contributed by atoms with Gasteiger partial charge in [-0.2, -0.15) is 0 Å². The average Bonchev–Trinajstić information content (AvgIpc) is 2.54. The normalized spacial score (nSPS) is 13.7. The van der Waals surface area contributed by atoms with Crippen LogP contribution in [-0.4, -0.2) is 24.6 Å². The lowest BCUT2D eigenvalue weighted by molar-refractivity contribution is -0.161. The Hall–Kier alpha value is -2.10. The van der Waals surface area contributed by atoms with E-state index in [4.69, 9.17) is 9.47 Å². The summed E-state index contributed by atoms with van der Waals surface area (Å²) >= 11 is 0. The van der Waals surface area contributed by atoms with Gasteiger partial charge < -0.3 is 9.47 Å². The fourth-order valence-electron chi connectivity index (χ4n) is 2.60. The van der Waals surface area contributed by atoms with E-state index in [2.05, 4.69) is 0 Å². The van der Waals surface area contributed by atoms with Gasteiger partial charge in [0.15, 0.2) is 0 Å². The number of carbonyl (C=O) groups is 2. The molecule has 1 aromatic carbocycles. The minimum Gasteiger partial charge on any atom is -0.466 e. The number of esters is 2. The van der Waals surface area contributed by atoms with Gasteiger partial charge in [-0.05, 0) is 30.9 Å². The second kappa shape index (κ2) is 10.6. The quantitative estimate of drug-likeness (QED) is 0.501. The topological polar surface area (TPSA) is 52.6 Å². The molecule has 1 rings (SSSR count). The molecule has 0 fully saturated rings. The Labute approximate surface area is 144 Å². The molecule has 4 nitrogen and oxygen atoms in total. The van der Waals surface area contributed by atoms with Crippen molar-refractivity contribution in [3.63, 3.8) is 0 Å². The van der Waals surface area contributed by atoms with E-state index in [-0.39, 0.29) is 11.9 Å². The second-order valence-corrected chi connectivity index (χ2v) is 6.03. The summed E-state index contributed by atoms with van der Waals surface area (Å²) in [5, 5.41) is 0. The third kappa shape index (κ3) is 6.57. The van der Waals surface area contributed by atoms with E-state index in [1.54, 1.807) is 13.0 Å². The lowest BCUT2D eigenvalue weighted by atomic mass is 9.88. The van der Waals surface area contributed by atoms with Crippen molar-refractivity contribution in [1.29, 1.82) is 0 Å². The summed E-state index contributed by atoms with van der Waals surface area (Å²) in [5.74, 6) is -1.15. The van der Waals surface area contributed by atoms with Crippen LogP contribution in [0.5, 0.6) is 0 Å². The Morgan fingerprint density at radius 2 is 1.79 bits per heavy atom. The standard InChI is InChI=1S/C20H28O4/c1-5-10-17(19(15(3)4)20(22)23-6-2)24-18(21)14-13-16-11-8-7-9-12-16/h7-9,11-15,17,19H,5-6,10H2,1-4H3/b14-13+. The molecular formula is C20H28O4. The van der Waals surface area contributed by atoms with Crippen molar-refractivity contribution in [2.24, 2.45) is 11.8 Å². The summed E-state index contributed by atoms with van der Waals surface area (Å²) in [4.78, 5) is 24.4. The smallest absolute Gasteiger partial charge is 0.331 e. The van der Waals surface area contributed by atoms with E-state index in [0.717, 1.165) is 12.0 Å². The van der Waals surface area contributed by atoms with Gasteiger partial charge in [-0.3, -0.25) is 4.79 Å². The molecule has 0 aliphatic carbocycles. The van der Waals surface area contributed by atoms with Gasteiger partial charge in [0.2, 0.25) is 0 Å². The molecule has 4 heteroatoms. The number of benzene rings is 1. The summed E-state index contributed by atoms with van der Waals surface area (Å²) in [6.45, 7) is 7.99. The van der Waals surface area contributed by atoms with Crippen molar-refractivity contribution in [2.75, 3.05) is 6.61 Å². The number of hydrogen-bond donors (Lipinski definition) is 0. The van der Waals surface area contributed by atoms with Crippen LogP contribution in [0.25, 0.3) is 6.08 Å². The Kier molecular flexibility index (Phi) is 8.84. The van der Waals surface area contributed by atoms with Crippen molar-refractivity contribution in [3.8, 4) is 0 Å². The molecule has 0 amide bonds. The Bertz CT molecular complexity index is 534. The van der Waals surface area contributed by atoms with Gasteiger partial charge >= 0.3 is 11.9 Å². The van der Waals surface area contributed by atoms with Crippen LogP contribution >= 0.6 is 0 Å². The first-order valence-corrected chi connectivity index (χ1v) is 8.59. The average molecular weight is 332 g/mol. The number of ether oxygens (including phenoxy) is 2. The fourth-order valence-corrected chi connectivity index (χ4v) is 2.60. The highest BCUT2D eigenvalue weighted by Gasteiger charge is 2.34. The van der Waals surface area contributed by atoms with E-state index in [9.17, 15) is 9.59 Å². The van der Waals surface area contributed by atoms with Crippen LogP contribution in [0.3, 0.4) is 0 Å². The van der Waals surface area contributed by atoms with E-state index in [0.29, 0.717) is 13.0 Å². The third-order valence-corrected chi connectivity index (χ3v) is 3.73. The molecule has 0 saturated heterocycles. The summed E-state index contributed by atoms with van der Waals surface area (Å²) in [7, 11) is 0. The van der Waals surface area contributed by atoms with E-state index >= 15 is 0 Å². The van der Waals surface area contributed by atoms with Crippen molar-refractivity contribution >= 4 is 18.0 Å². The van der Waals surface area contributed by atoms with Crippen molar-refractivity contribution in [2.45, 2.75) is 46.6 Å². The zero-order valence-electron chi connectivity index (χ0n) is 15.0. The molecule has 132 valence electrons. The summed E-state index contributed by atoms with van der Waals surface area (Å²) in [5.41, 5.74) is 0.923. The molecule has 0 aliphatic rings. The van der Waals surface area contributed by atoms with Crippen molar-refractivity contribution in [1.82, 2.24) is 0 Å². The highest BCUT2D eigenvalue weighted by Crippen LogP contribution is 2.24. The molecule has 24 heavy (non-hydrogen) atoms. The van der Waals surface area contributed by atoms with Gasteiger partial charge in [-0.15, -0.1) is 0 Å². The zero-order chi connectivity index (χ0) is 17.9. The molecule has 0 aromatic heterocycles. The van der Waals surface area contributed by atoms with Gasteiger partial charge in [0.05, 0.1) is 12.5 Å². The summed E-state index contributed by atoms with van der Waals surface area (Å²) in [6.07, 6.45) is 4.10. The monoisotopic (exact) mass is 332 g/mol. The van der Waals surface area contributed by atoms with E-state index in [1.807, 2.05) is 51.1 Å². The summed E-state index contributed by atoms with van der Waals surface area (Å²) in [6, 6.07) is 9.53. The Morgan fingerprint density at radius 3 is 2.33 bits per heavy atom. The van der Waals surface area contributed by atoms with Crippen LogP contribution in [0.4, 0.5) is 0 Å². The predicted octanol–water partition coefficient (Wildman–Crippen LogP) is 4.25. The van der Waals surface area contributed by atoms with Crippen LogP contribution in [0.2, 0.25) is 0 Å². The molecule has 2 atom stereocenters. The number of carbonyl (C=O) groups excluding carboxylic acids is 2. The van der Waals surface area contributed by atoms with Gasteiger partial charge in [0, 0.05) is 6.08 Å². The zero-order valence-corrected chi connectivity index (χ0v) is 15.0. The van der Waals surface area contributed by atoms with Crippen LogP contribution < -0.4 is 0 Å². The maximum Gasteiger partial charge on any atom is 0.331 e.